The molecule has 1 aromatic carbocycles. The molecule has 0 aromatic heterocycles. The second-order valence-electron chi connectivity index (χ2n) is 5.91. The summed E-state index contributed by atoms with van der Waals surface area (Å²) in [5, 5.41) is -0.211. The molecule has 1 fully saturated rings. The summed E-state index contributed by atoms with van der Waals surface area (Å²) in [5.74, 6) is -2.17. The van der Waals surface area contributed by atoms with Gasteiger partial charge in [-0.2, -0.15) is 4.39 Å². The smallest absolute Gasteiger partial charge is 0.191 e. The van der Waals surface area contributed by atoms with Crippen LogP contribution in [0.5, 0.6) is 0 Å². The van der Waals surface area contributed by atoms with Crippen LogP contribution in [-0.4, -0.2) is 25.7 Å². The van der Waals surface area contributed by atoms with Crippen molar-refractivity contribution in [2.75, 3.05) is 24.7 Å². The Balaban J connectivity index is 1.77. The van der Waals surface area contributed by atoms with Crippen molar-refractivity contribution in [1.29, 1.82) is 0 Å². The Morgan fingerprint density at radius 2 is 2.16 bits per heavy atom. The van der Waals surface area contributed by atoms with Gasteiger partial charge in [-0.05, 0) is 30.9 Å². The van der Waals surface area contributed by atoms with Gasteiger partial charge in [0.2, 0.25) is 0 Å². The normalized spacial score (nSPS) is 20.5. The minimum absolute atomic E-state index is 0.149. The number of nitrogens with one attached hydrogen (secondary N) is 1. The molecular weight excluding hydrogens is 378 g/mol. The Morgan fingerprint density at radius 1 is 1.36 bits per heavy atom. The molecule has 1 unspecified atom stereocenters. The number of hydrogen-bond acceptors (Lipinski definition) is 4. The zero-order valence-electron chi connectivity index (χ0n) is 13.2. The fraction of sp³-hybridized carbons (Fsp3) is 0.438. The fourth-order valence-corrected chi connectivity index (χ4v) is 3.80. The molecule has 3 nitrogen and oxygen atoms in total. The Morgan fingerprint density at radius 3 is 2.84 bits per heavy atom. The van der Waals surface area contributed by atoms with Gasteiger partial charge in [-0.1, -0.05) is 11.6 Å². The number of aliphatic imine (C=N–C) groups is 1. The third-order valence-electron chi connectivity index (χ3n) is 4.13. The maximum atomic E-state index is 14.5. The third-order valence-corrected chi connectivity index (χ3v) is 5.38. The molecule has 1 aromatic rings. The number of alkyl halides is 1. The van der Waals surface area contributed by atoms with E-state index in [2.05, 4.69) is 9.71 Å². The van der Waals surface area contributed by atoms with E-state index < -0.39 is 24.3 Å². The second kappa shape index (κ2) is 7.86. The highest BCUT2D eigenvalue weighted by Crippen LogP contribution is 2.38. The van der Waals surface area contributed by atoms with Gasteiger partial charge >= 0.3 is 0 Å². The van der Waals surface area contributed by atoms with E-state index in [1.54, 1.807) is 11.0 Å². The fourth-order valence-electron chi connectivity index (χ4n) is 2.80. The van der Waals surface area contributed by atoms with E-state index in [1.807, 2.05) is 0 Å². The molecule has 1 atom stereocenters. The van der Waals surface area contributed by atoms with Gasteiger partial charge in [0.05, 0.1) is 12.4 Å². The van der Waals surface area contributed by atoms with Crippen molar-refractivity contribution >= 4 is 35.2 Å². The maximum Gasteiger partial charge on any atom is 0.191 e. The van der Waals surface area contributed by atoms with E-state index in [-0.39, 0.29) is 33.8 Å². The molecule has 0 spiro atoms. The Labute approximate surface area is 152 Å². The lowest BCUT2D eigenvalue weighted by Gasteiger charge is -2.21. The van der Waals surface area contributed by atoms with E-state index in [0.717, 1.165) is 6.07 Å². The van der Waals surface area contributed by atoms with Gasteiger partial charge in [0.25, 0.3) is 0 Å². The molecule has 0 saturated carbocycles. The maximum absolute atomic E-state index is 14.5. The highest BCUT2D eigenvalue weighted by Gasteiger charge is 2.27. The summed E-state index contributed by atoms with van der Waals surface area (Å²) in [7, 11) is 0. The Hall–Kier alpha value is -1.41. The van der Waals surface area contributed by atoms with Gasteiger partial charge in [0.15, 0.2) is 11.8 Å². The standard InChI is InChI=1S/C16H16ClF4N3S/c17-14-11(24-5-4-9(7-18)8-24)6-10(19)16(15(14)21)25-23-13-3-1-2-12(20)22-13/h3,6,9,23H,1-2,4-5,7-8H2. The Bertz CT molecular complexity index is 726. The van der Waals surface area contributed by atoms with Crippen LogP contribution in [0, 0.1) is 17.6 Å². The van der Waals surface area contributed by atoms with E-state index in [4.69, 9.17) is 11.6 Å². The summed E-state index contributed by atoms with van der Waals surface area (Å²) >= 11 is 6.71. The predicted octanol–water partition coefficient (Wildman–Crippen LogP) is 5.01. The van der Waals surface area contributed by atoms with Crippen LogP contribution in [0.15, 0.2) is 27.9 Å². The molecule has 25 heavy (non-hydrogen) atoms. The number of hydrogen-bond donors (Lipinski definition) is 1. The van der Waals surface area contributed by atoms with Crippen molar-refractivity contribution in [3.05, 3.63) is 34.6 Å². The predicted molar refractivity (Wildman–Crippen MR) is 92.5 cm³/mol. The molecular formula is C16H16ClF4N3S. The topological polar surface area (TPSA) is 27.6 Å². The first kappa shape index (κ1) is 18.4. The Kier molecular flexibility index (Phi) is 5.78. The number of nitrogens with zero attached hydrogens (tertiary/aromatic N) is 2. The van der Waals surface area contributed by atoms with Crippen molar-refractivity contribution in [2.24, 2.45) is 10.9 Å². The van der Waals surface area contributed by atoms with Crippen LogP contribution in [0.2, 0.25) is 5.02 Å². The number of rotatable bonds is 5. The van der Waals surface area contributed by atoms with Crippen LogP contribution < -0.4 is 9.62 Å². The van der Waals surface area contributed by atoms with Crippen molar-refractivity contribution in [3.8, 4) is 0 Å². The van der Waals surface area contributed by atoms with Gasteiger partial charge in [-0.3, -0.25) is 4.39 Å². The molecule has 1 saturated heterocycles. The quantitative estimate of drug-likeness (QED) is 0.432. The highest BCUT2D eigenvalue weighted by molar-refractivity contribution is 7.97. The van der Waals surface area contributed by atoms with Gasteiger partial charge in [-0.25, -0.2) is 13.8 Å². The lowest BCUT2D eigenvalue weighted by atomic mass is 10.1. The molecule has 0 amide bonds. The number of anilines is 1. The van der Waals surface area contributed by atoms with Crippen LogP contribution in [0.1, 0.15) is 19.3 Å². The molecule has 2 aliphatic heterocycles. The van der Waals surface area contributed by atoms with Crippen molar-refractivity contribution in [3.63, 3.8) is 0 Å². The zero-order valence-corrected chi connectivity index (χ0v) is 14.7. The van der Waals surface area contributed by atoms with Gasteiger partial charge < -0.3 is 9.62 Å². The second-order valence-corrected chi connectivity index (χ2v) is 7.10. The van der Waals surface area contributed by atoms with Crippen LogP contribution >= 0.6 is 23.5 Å². The molecule has 3 rings (SSSR count). The molecule has 136 valence electrons. The van der Waals surface area contributed by atoms with Crippen molar-refractivity contribution in [1.82, 2.24) is 4.72 Å². The summed E-state index contributed by atoms with van der Waals surface area (Å²) in [6, 6.07) is 1.15. The van der Waals surface area contributed by atoms with Crippen LogP contribution in [0.25, 0.3) is 0 Å². The summed E-state index contributed by atoms with van der Waals surface area (Å²) in [6.07, 6.45) is 2.94. The van der Waals surface area contributed by atoms with Gasteiger partial charge in [0.1, 0.15) is 21.6 Å². The van der Waals surface area contributed by atoms with Gasteiger partial charge in [0, 0.05) is 31.5 Å². The summed E-state index contributed by atoms with van der Waals surface area (Å²) in [6.45, 7) is 0.405. The molecule has 2 aliphatic rings. The minimum Gasteiger partial charge on any atom is -0.370 e. The van der Waals surface area contributed by atoms with Crippen LogP contribution in [0.4, 0.5) is 23.2 Å². The first-order valence-corrected chi connectivity index (χ1v) is 9.03. The summed E-state index contributed by atoms with van der Waals surface area (Å²) < 4.78 is 57.4. The lowest BCUT2D eigenvalue weighted by molar-refractivity contribution is 0.385. The highest BCUT2D eigenvalue weighted by atomic mass is 35.5. The largest absolute Gasteiger partial charge is 0.370 e. The first-order chi connectivity index (χ1) is 12.0. The van der Waals surface area contributed by atoms with E-state index in [1.165, 1.54) is 0 Å². The van der Waals surface area contributed by atoms with E-state index >= 15 is 0 Å². The summed E-state index contributed by atoms with van der Waals surface area (Å²) in [5.41, 5.74) is 0.220. The van der Waals surface area contributed by atoms with Crippen LogP contribution in [0.3, 0.4) is 0 Å². The SMILES string of the molecule is FCC1CCN(c2cc(F)c(SNC3=CCCC(F)=N3)c(F)c2Cl)C1. The molecule has 0 bridgehead atoms. The number of allylic oxidation sites excluding steroid dienone is 1. The summed E-state index contributed by atoms with van der Waals surface area (Å²) in [4.78, 5) is 5.00. The molecule has 1 N–H and O–H groups in total. The molecule has 9 heteroatoms. The zero-order chi connectivity index (χ0) is 18.0. The molecule has 0 radical (unpaired) electrons. The van der Waals surface area contributed by atoms with Gasteiger partial charge in [-0.15, -0.1) is 0 Å². The number of halogens is 5. The first-order valence-electron chi connectivity index (χ1n) is 7.84. The third kappa shape index (κ3) is 4.06. The molecule has 2 heterocycles. The minimum atomic E-state index is -0.904. The van der Waals surface area contributed by atoms with E-state index in [0.29, 0.717) is 37.9 Å². The molecule has 0 aliphatic carbocycles. The lowest BCUT2D eigenvalue weighted by Crippen LogP contribution is -2.21. The van der Waals surface area contributed by atoms with Crippen LogP contribution in [-0.2, 0) is 0 Å². The average molecular weight is 394 g/mol. The number of benzene rings is 1. The average Bonchev–Trinajstić information content (AvgIpc) is 3.07. The monoisotopic (exact) mass is 393 g/mol. The van der Waals surface area contributed by atoms with Crippen molar-refractivity contribution in [2.45, 2.75) is 24.2 Å². The van der Waals surface area contributed by atoms with Crippen molar-refractivity contribution < 1.29 is 17.6 Å². The van der Waals surface area contributed by atoms with E-state index in [9.17, 15) is 17.6 Å².